The van der Waals surface area contributed by atoms with Crippen molar-refractivity contribution >= 4 is 17.3 Å². The number of likely N-dealkylation sites (N-methyl/N-ethyl adjacent to an activating group) is 1. The molecule has 0 spiro atoms. The van der Waals surface area contributed by atoms with Gasteiger partial charge in [-0.15, -0.1) is 0 Å². The second-order valence-corrected chi connectivity index (χ2v) is 4.37. The quantitative estimate of drug-likeness (QED) is 0.829. The van der Waals surface area contributed by atoms with Gasteiger partial charge in [0, 0.05) is 31.2 Å². The summed E-state index contributed by atoms with van der Waals surface area (Å²) in [6.07, 6.45) is 4.13. The van der Waals surface area contributed by atoms with Gasteiger partial charge in [0.25, 0.3) is 0 Å². The number of Topliss-reactive ketones (excluding diaryl/α,β-unsaturated/α-hetero) is 1. The number of benzene rings is 1. The Morgan fingerprint density at radius 1 is 0.950 bits per heavy atom. The van der Waals surface area contributed by atoms with Crippen molar-refractivity contribution in [2.75, 3.05) is 11.9 Å². The third kappa shape index (κ3) is 1.89. The molecule has 2 aromatic rings. The van der Waals surface area contributed by atoms with E-state index in [1.54, 1.807) is 11.9 Å². The van der Waals surface area contributed by atoms with Gasteiger partial charge in [0.1, 0.15) is 11.4 Å². The van der Waals surface area contributed by atoms with Crippen molar-refractivity contribution in [3.05, 3.63) is 65.9 Å². The van der Waals surface area contributed by atoms with Crippen LogP contribution in [0.5, 0.6) is 0 Å². The van der Waals surface area contributed by atoms with E-state index >= 15 is 0 Å². The Bertz CT molecular complexity index is 723. The molecule has 0 N–H and O–H groups in total. The van der Waals surface area contributed by atoms with Crippen molar-refractivity contribution in [3.8, 4) is 0 Å². The van der Waals surface area contributed by atoms with Crippen LogP contribution in [0.4, 0.5) is 5.69 Å². The Hall–Kier alpha value is -2.82. The molecular weight excluding hydrogens is 254 g/mol. The third-order valence-electron chi connectivity index (χ3n) is 3.15. The van der Waals surface area contributed by atoms with E-state index in [1.165, 1.54) is 18.5 Å². The zero-order chi connectivity index (χ0) is 14.1. The lowest BCUT2D eigenvalue weighted by molar-refractivity contribution is 0.0975. The van der Waals surface area contributed by atoms with Gasteiger partial charge in [-0.1, -0.05) is 18.2 Å². The highest BCUT2D eigenvalue weighted by atomic mass is 16.1. The minimum Gasteiger partial charge on any atom is -0.341 e. The van der Waals surface area contributed by atoms with E-state index in [9.17, 15) is 9.59 Å². The maximum atomic E-state index is 12.4. The fourth-order valence-electron chi connectivity index (χ4n) is 2.10. The zero-order valence-electron chi connectivity index (χ0n) is 10.8. The molecule has 1 heterocycles. The standard InChI is InChI=1S/C15H11N3O2/c1-18(10-5-3-2-4-6-10)11-9-12(19)13-14(15(11)20)17-8-7-16-13/h2-9H,1H3. The molecule has 0 amide bonds. The summed E-state index contributed by atoms with van der Waals surface area (Å²) in [6, 6.07) is 9.36. The number of para-hydroxylation sites is 1. The molecule has 0 aliphatic heterocycles. The summed E-state index contributed by atoms with van der Waals surface area (Å²) < 4.78 is 0. The second kappa shape index (κ2) is 4.70. The van der Waals surface area contributed by atoms with Crippen LogP contribution in [-0.4, -0.2) is 28.6 Å². The Balaban J connectivity index is 2.05. The van der Waals surface area contributed by atoms with Crippen LogP contribution in [0.25, 0.3) is 0 Å². The van der Waals surface area contributed by atoms with Gasteiger partial charge in [-0.2, -0.15) is 0 Å². The number of nitrogens with zero attached hydrogens (tertiary/aromatic N) is 3. The number of hydrogen-bond acceptors (Lipinski definition) is 5. The lowest BCUT2D eigenvalue weighted by Crippen LogP contribution is -2.30. The lowest BCUT2D eigenvalue weighted by Gasteiger charge is -2.23. The first-order valence-corrected chi connectivity index (χ1v) is 6.09. The second-order valence-electron chi connectivity index (χ2n) is 4.37. The largest absolute Gasteiger partial charge is 0.341 e. The van der Waals surface area contributed by atoms with Crippen molar-refractivity contribution in [1.82, 2.24) is 9.97 Å². The van der Waals surface area contributed by atoms with Crippen molar-refractivity contribution in [2.24, 2.45) is 0 Å². The normalized spacial score (nSPS) is 13.8. The molecule has 5 heteroatoms. The van der Waals surface area contributed by atoms with Crippen LogP contribution in [0.1, 0.15) is 21.0 Å². The number of aromatic nitrogens is 2. The maximum absolute atomic E-state index is 12.4. The van der Waals surface area contributed by atoms with Crippen LogP contribution in [0.2, 0.25) is 0 Å². The molecule has 0 unspecified atom stereocenters. The summed E-state index contributed by atoms with van der Waals surface area (Å²) in [5, 5.41) is 0. The SMILES string of the molecule is CN(C1=CC(=O)c2nccnc2C1=O)c1ccccc1. The van der Waals surface area contributed by atoms with E-state index in [0.29, 0.717) is 5.70 Å². The van der Waals surface area contributed by atoms with E-state index in [0.717, 1.165) is 5.69 Å². The predicted molar refractivity (Wildman–Crippen MR) is 73.6 cm³/mol. The molecule has 98 valence electrons. The summed E-state index contributed by atoms with van der Waals surface area (Å²) in [4.78, 5) is 34.0. The first-order chi connectivity index (χ1) is 9.68. The molecule has 0 saturated heterocycles. The average Bonchev–Trinajstić information content (AvgIpc) is 2.51. The van der Waals surface area contributed by atoms with Crippen LogP contribution in [0, 0.1) is 0 Å². The number of fused-ring (bicyclic) bond motifs is 1. The van der Waals surface area contributed by atoms with E-state index in [-0.39, 0.29) is 23.0 Å². The first-order valence-electron chi connectivity index (χ1n) is 6.09. The van der Waals surface area contributed by atoms with E-state index in [1.807, 2.05) is 30.3 Å². The van der Waals surface area contributed by atoms with Gasteiger partial charge in [-0.25, -0.2) is 9.97 Å². The molecule has 1 aliphatic carbocycles. The molecule has 5 nitrogen and oxygen atoms in total. The summed E-state index contributed by atoms with van der Waals surface area (Å²) >= 11 is 0. The molecule has 0 saturated carbocycles. The fourth-order valence-corrected chi connectivity index (χ4v) is 2.10. The average molecular weight is 265 g/mol. The van der Waals surface area contributed by atoms with Crippen LogP contribution in [0.15, 0.2) is 54.5 Å². The zero-order valence-corrected chi connectivity index (χ0v) is 10.8. The van der Waals surface area contributed by atoms with Crippen LogP contribution in [-0.2, 0) is 0 Å². The summed E-state index contributed by atoms with van der Waals surface area (Å²) in [5.41, 5.74) is 1.35. The number of carbonyl (C=O) groups is 2. The topological polar surface area (TPSA) is 63.2 Å². The first kappa shape index (κ1) is 12.2. The van der Waals surface area contributed by atoms with Crippen LogP contribution >= 0.6 is 0 Å². The highest BCUT2D eigenvalue weighted by Gasteiger charge is 2.30. The summed E-state index contributed by atoms with van der Waals surface area (Å²) in [7, 11) is 1.74. The molecule has 0 bridgehead atoms. The Labute approximate surface area is 115 Å². The van der Waals surface area contributed by atoms with Crippen molar-refractivity contribution in [3.63, 3.8) is 0 Å². The van der Waals surface area contributed by atoms with E-state index < -0.39 is 0 Å². The molecule has 1 aromatic heterocycles. The summed E-state index contributed by atoms with van der Waals surface area (Å²) in [6.45, 7) is 0. The fraction of sp³-hybridized carbons (Fsp3) is 0.0667. The van der Waals surface area contributed by atoms with Gasteiger partial charge in [0.05, 0.1) is 5.70 Å². The van der Waals surface area contributed by atoms with Crippen molar-refractivity contribution in [1.29, 1.82) is 0 Å². The van der Waals surface area contributed by atoms with Crippen molar-refractivity contribution < 1.29 is 9.59 Å². The van der Waals surface area contributed by atoms with Gasteiger partial charge >= 0.3 is 0 Å². The van der Waals surface area contributed by atoms with Crippen LogP contribution in [0.3, 0.4) is 0 Å². The molecule has 1 aromatic carbocycles. The minimum absolute atomic E-state index is 0.109. The number of hydrogen-bond donors (Lipinski definition) is 0. The van der Waals surface area contributed by atoms with E-state index in [4.69, 9.17) is 0 Å². The highest BCUT2D eigenvalue weighted by Crippen LogP contribution is 2.23. The number of carbonyl (C=O) groups excluding carboxylic acids is 2. The number of allylic oxidation sites excluding steroid dienone is 2. The molecular formula is C15H11N3O2. The van der Waals surface area contributed by atoms with E-state index in [2.05, 4.69) is 9.97 Å². The van der Waals surface area contributed by atoms with Crippen LogP contribution < -0.4 is 4.90 Å². The third-order valence-corrected chi connectivity index (χ3v) is 3.15. The Morgan fingerprint density at radius 3 is 2.30 bits per heavy atom. The molecule has 0 radical (unpaired) electrons. The number of anilines is 1. The van der Waals surface area contributed by atoms with Gasteiger partial charge in [0.15, 0.2) is 0 Å². The van der Waals surface area contributed by atoms with Gasteiger partial charge in [0.2, 0.25) is 11.6 Å². The molecule has 0 fully saturated rings. The highest BCUT2D eigenvalue weighted by molar-refractivity contribution is 6.23. The van der Waals surface area contributed by atoms with Crippen molar-refractivity contribution in [2.45, 2.75) is 0 Å². The lowest BCUT2D eigenvalue weighted by atomic mass is 10.0. The number of ketones is 2. The Kier molecular flexibility index (Phi) is 2.87. The van der Waals surface area contributed by atoms with Gasteiger partial charge in [-0.05, 0) is 12.1 Å². The maximum Gasteiger partial charge on any atom is 0.230 e. The molecule has 0 atom stereocenters. The minimum atomic E-state index is -0.300. The van der Waals surface area contributed by atoms with Gasteiger partial charge in [-0.3, -0.25) is 9.59 Å². The number of rotatable bonds is 2. The smallest absolute Gasteiger partial charge is 0.230 e. The predicted octanol–water partition coefficient (Wildman–Crippen LogP) is 1.88. The summed E-state index contributed by atoms with van der Waals surface area (Å²) in [5.74, 6) is -0.593. The molecule has 1 aliphatic rings. The molecule has 20 heavy (non-hydrogen) atoms. The monoisotopic (exact) mass is 265 g/mol. The molecule has 3 rings (SSSR count). The Morgan fingerprint density at radius 2 is 1.60 bits per heavy atom. The van der Waals surface area contributed by atoms with Gasteiger partial charge < -0.3 is 4.90 Å².